The normalized spacial score (nSPS) is 18.7. The van der Waals surface area contributed by atoms with Crippen LogP contribution in [0.2, 0.25) is 0 Å². The van der Waals surface area contributed by atoms with Gasteiger partial charge in [0.1, 0.15) is 11.5 Å². The number of hydrogen-bond donors (Lipinski definition) is 2. The lowest BCUT2D eigenvalue weighted by molar-refractivity contribution is -0.140. The molecule has 1 fully saturated rings. The highest BCUT2D eigenvalue weighted by molar-refractivity contribution is 6.46. The molecule has 2 N–H and O–H groups in total. The molecule has 0 aliphatic carbocycles. The van der Waals surface area contributed by atoms with Crippen molar-refractivity contribution in [1.29, 1.82) is 0 Å². The first kappa shape index (κ1) is 20.6. The SMILES string of the molecule is COc1ccc(C2/C(=C(\O)c3c(C)n[nH]c3C)C(=O)C(=O)N2CCN(C)C)cc1. The molecule has 0 radical (unpaired) electrons. The highest BCUT2D eigenvalue weighted by Crippen LogP contribution is 2.40. The van der Waals surface area contributed by atoms with Crippen LogP contribution < -0.4 is 4.74 Å². The molecule has 1 aromatic heterocycles. The van der Waals surface area contributed by atoms with Gasteiger partial charge in [-0.25, -0.2) is 0 Å². The number of benzene rings is 1. The summed E-state index contributed by atoms with van der Waals surface area (Å²) >= 11 is 0. The van der Waals surface area contributed by atoms with E-state index in [4.69, 9.17) is 4.74 Å². The number of hydrogen-bond acceptors (Lipinski definition) is 6. The molecule has 1 aliphatic heterocycles. The Morgan fingerprint density at radius 3 is 2.41 bits per heavy atom. The fraction of sp³-hybridized carbons (Fsp3) is 0.381. The molecule has 3 rings (SSSR count). The van der Waals surface area contributed by atoms with E-state index in [0.717, 1.165) is 5.56 Å². The van der Waals surface area contributed by atoms with Crippen LogP contribution in [0.5, 0.6) is 5.75 Å². The van der Waals surface area contributed by atoms with Gasteiger partial charge in [-0.2, -0.15) is 5.10 Å². The average molecular weight is 398 g/mol. The number of aromatic nitrogens is 2. The predicted octanol–water partition coefficient (Wildman–Crippen LogP) is 2.02. The molecule has 1 saturated heterocycles. The lowest BCUT2D eigenvalue weighted by Gasteiger charge is -2.26. The van der Waals surface area contributed by atoms with Crippen LogP contribution in [0.25, 0.3) is 5.76 Å². The topological polar surface area (TPSA) is 98.8 Å². The first-order valence-corrected chi connectivity index (χ1v) is 9.35. The van der Waals surface area contributed by atoms with Crippen LogP contribution >= 0.6 is 0 Å². The van der Waals surface area contributed by atoms with Crippen molar-refractivity contribution in [3.05, 3.63) is 52.4 Å². The van der Waals surface area contributed by atoms with E-state index in [2.05, 4.69) is 10.2 Å². The summed E-state index contributed by atoms with van der Waals surface area (Å²) in [5.41, 5.74) is 2.45. The van der Waals surface area contributed by atoms with E-state index in [9.17, 15) is 14.7 Å². The van der Waals surface area contributed by atoms with Gasteiger partial charge >= 0.3 is 0 Å². The fourth-order valence-corrected chi connectivity index (χ4v) is 3.59. The minimum Gasteiger partial charge on any atom is -0.507 e. The number of carbonyl (C=O) groups is 2. The summed E-state index contributed by atoms with van der Waals surface area (Å²) in [6.07, 6.45) is 0. The molecule has 0 spiro atoms. The third-order valence-electron chi connectivity index (χ3n) is 5.12. The van der Waals surface area contributed by atoms with Crippen molar-refractivity contribution in [2.75, 3.05) is 34.3 Å². The molecule has 2 aromatic rings. The van der Waals surface area contributed by atoms with Crippen LogP contribution in [0.3, 0.4) is 0 Å². The molecule has 1 amide bonds. The number of carbonyl (C=O) groups excluding carboxylic acids is 2. The maximum Gasteiger partial charge on any atom is 0.295 e. The highest BCUT2D eigenvalue weighted by atomic mass is 16.5. The summed E-state index contributed by atoms with van der Waals surface area (Å²) in [5.74, 6) is -0.851. The number of ether oxygens (including phenoxy) is 1. The lowest BCUT2D eigenvalue weighted by Crippen LogP contribution is -2.35. The number of aryl methyl sites for hydroxylation is 2. The quantitative estimate of drug-likeness (QED) is 0.439. The number of amides is 1. The molecule has 0 saturated carbocycles. The van der Waals surface area contributed by atoms with Gasteiger partial charge in [-0.1, -0.05) is 12.1 Å². The van der Waals surface area contributed by atoms with Crippen LogP contribution in [0.1, 0.15) is 28.6 Å². The van der Waals surface area contributed by atoms with Crippen molar-refractivity contribution < 1.29 is 19.4 Å². The first-order chi connectivity index (χ1) is 13.8. The van der Waals surface area contributed by atoms with Crippen LogP contribution in [-0.2, 0) is 9.59 Å². The number of aliphatic hydroxyl groups excluding tert-OH is 1. The van der Waals surface area contributed by atoms with Crippen LogP contribution in [-0.4, -0.2) is 71.1 Å². The van der Waals surface area contributed by atoms with E-state index < -0.39 is 17.7 Å². The smallest absolute Gasteiger partial charge is 0.295 e. The minimum absolute atomic E-state index is 0.0755. The molecule has 2 heterocycles. The average Bonchev–Trinajstić information content (AvgIpc) is 3.16. The standard InChI is InChI=1S/C21H26N4O4/c1-12-16(13(2)23-22-12)19(26)17-18(14-6-8-15(29-5)9-7-14)25(11-10-24(3)4)21(28)20(17)27/h6-9,18,26H,10-11H2,1-5H3,(H,22,23)/b19-17+. The number of ketones is 1. The summed E-state index contributed by atoms with van der Waals surface area (Å²) in [6.45, 7) is 4.44. The number of rotatable bonds is 6. The Bertz CT molecular complexity index is 940. The number of aliphatic hydroxyl groups is 1. The molecule has 29 heavy (non-hydrogen) atoms. The summed E-state index contributed by atoms with van der Waals surface area (Å²) in [4.78, 5) is 29.2. The van der Waals surface area contributed by atoms with Gasteiger partial charge in [-0.15, -0.1) is 0 Å². The Labute approximate surface area is 169 Å². The molecule has 1 aliphatic rings. The van der Waals surface area contributed by atoms with Gasteiger partial charge in [0.25, 0.3) is 11.7 Å². The van der Waals surface area contributed by atoms with E-state index in [1.165, 1.54) is 4.90 Å². The third kappa shape index (κ3) is 3.75. The zero-order chi connectivity index (χ0) is 21.3. The third-order valence-corrected chi connectivity index (χ3v) is 5.12. The second-order valence-corrected chi connectivity index (χ2v) is 7.38. The number of aromatic amines is 1. The van der Waals surface area contributed by atoms with Crippen LogP contribution in [0, 0.1) is 13.8 Å². The Kier molecular flexibility index (Phi) is 5.74. The number of likely N-dealkylation sites (tertiary alicyclic amines) is 1. The molecule has 8 nitrogen and oxygen atoms in total. The molecular weight excluding hydrogens is 372 g/mol. The predicted molar refractivity (Wildman–Crippen MR) is 109 cm³/mol. The van der Waals surface area contributed by atoms with Crippen molar-refractivity contribution in [1.82, 2.24) is 20.0 Å². The van der Waals surface area contributed by atoms with Gasteiger partial charge in [-0.05, 0) is 45.6 Å². The van der Waals surface area contributed by atoms with Gasteiger partial charge in [-0.3, -0.25) is 14.7 Å². The first-order valence-electron chi connectivity index (χ1n) is 9.35. The van der Waals surface area contributed by atoms with Gasteiger partial charge in [0, 0.05) is 18.8 Å². The molecule has 1 unspecified atom stereocenters. The number of methoxy groups -OCH3 is 1. The van der Waals surface area contributed by atoms with E-state index in [1.54, 1.807) is 45.2 Å². The van der Waals surface area contributed by atoms with E-state index >= 15 is 0 Å². The van der Waals surface area contributed by atoms with Crippen molar-refractivity contribution in [3.8, 4) is 5.75 Å². The molecule has 0 bridgehead atoms. The molecule has 1 aromatic carbocycles. The monoisotopic (exact) mass is 398 g/mol. The van der Waals surface area contributed by atoms with Gasteiger partial charge in [0.15, 0.2) is 0 Å². The summed E-state index contributed by atoms with van der Waals surface area (Å²) < 4.78 is 5.22. The second-order valence-electron chi connectivity index (χ2n) is 7.38. The Morgan fingerprint density at radius 1 is 1.24 bits per heavy atom. The minimum atomic E-state index is -0.693. The zero-order valence-corrected chi connectivity index (χ0v) is 17.3. The van der Waals surface area contributed by atoms with Gasteiger partial charge in [0.2, 0.25) is 0 Å². The maximum absolute atomic E-state index is 12.9. The number of likely N-dealkylation sites (N-methyl/N-ethyl adjacent to an activating group) is 1. The number of H-pyrrole nitrogens is 1. The second kappa shape index (κ2) is 8.08. The van der Waals surface area contributed by atoms with Crippen molar-refractivity contribution >= 4 is 17.4 Å². The molecule has 154 valence electrons. The fourth-order valence-electron chi connectivity index (χ4n) is 3.59. The lowest BCUT2D eigenvalue weighted by atomic mass is 9.94. The van der Waals surface area contributed by atoms with Crippen molar-refractivity contribution in [2.45, 2.75) is 19.9 Å². The number of Topliss-reactive ketones (excluding diaryl/α,β-unsaturated/α-hetero) is 1. The Balaban J connectivity index is 2.17. The maximum atomic E-state index is 12.9. The zero-order valence-electron chi connectivity index (χ0n) is 17.3. The number of nitrogens with one attached hydrogen (secondary N) is 1. The molecule has 1 atom stereocenters. The van der Waals surface area contributed by atoms with Crippen molar-refractivity contribution in [3.63, 3.8) is 0 Å². The van der Waals surface area contributed by atoms with Crippen molar-refractivity contribution in [2.24, 2.45) is 0 Å². The van der Waals surface area contributed by atoms with Crippen LogP contribution in [0.4, 0.5) is 0 Å². The summed E-state index contributed by atoms with van der Waals surface area (Å²) in [5, 5.41) is 18.0. The van der Waals surface area contributed by atoms with E-state index in [0.29, 0.717) is 35.8 Å². The van der Waals surface area contributed by atoms with Gasteiger partial charge < -0.3 is 19.6 Å². The largest absolute Gasteiger partial charge is 0.507 e. The van der Waals surface area contributed by atoms with E-state index in [1.807, 2.05) is 19.0 Å². The van der Waals surface area contributed by atoms with E-state index in [-0.39, 0.29) is 11.3 Å². The van der Waals surface area contributed by atoms with Gasteiger partial charge in [0.05, 0.1) is 30.0 Å². The number of nitrogens with zero attached hydrogens (tertiary/aromatic N) is 3. The Morgan fingerprint density at radius 2 is 1.90 bits per heavy atom. The highest BCUT2D eigenvalue weighted by Gasteiger charge is 2.46. The Hall–Kier alpha value is -3.13. The summed E-state index contributed by atoms with van der Waals surface area (Å²) in [6, 6.07) is 6.47. The molecule has 8 heteroatoms. The molecular formula is C21H26N4O4. The van der Waals surface area contributed by atoms with Crippen LogP contribution in [0.15, 0.2) is 29.8 Å². The summed E-state index contributed by atoms with van der Waals surface area (Å²) in [7, 11) is 5.37.